The lowest BCUT2D eigenvalue weighted by Crippen LogP contribution is -2.43. The van der Waals surface area contributed by atoms with Crippen LogP contribution in [0.3, 0.4) is 0 Å². The molecular weight excluding hydrogens is 400 g/mol. The van der Waals surface area contributed by atoms with Crippen LogP contribution in [0.25, 0.3) is 6.08 Å². The number of rotatable bonds is 3. The van der Waals surface area contributed by atoms with Crippen LogP contribution in [0.2, 0.25) is 0 Å². The maximum Gasteiger partial charge on any atom is 0.178 e. The van der Waals surface area contributed by atoms with E-state index < -0.39 is 17.6 Å². The summed E-state index contributed by atoms with van der Waals surface area (Å²) in [5, 5.41) is 0. The highest BCUT2D eigenvalue weighted by molar-refractivity contribution is 6.07. The van der Waals surface area contributed by atoms with Gasteiger partial charge in [-0.2, -0.15) is 0 Å². The van der Waals surface area contributed by atoms with Gasteiger partial charge >= 0.3 is 0 Å². The first kappa shape index (κ1) is 19.6. The molecule has 5 rings (SSSR count). The maximum absolute atomic E-state index is 13.7. The molecule has 0 spiro atoms. The quantitative estimate of drug-likeness (QED) is 0.737. The minimum atomic E-state index is -0.524. The highest BCUT2D eigenvalue weighted by Gasteiger charge is 2.45. The molecule has 7 heteroatoms. The molecule has 0 fully saturated rings. The first-order valence-corrected chi connectivity index (χ1v) is 10.1. The number of benzene rings is 2. The lowest BCUT2D eigenvalue weighted by molar-refractivity contribution is 0.0551. The molecule has 3 aliphatic heterocycles. The van der Waals surface area contributed by atoms with E-state index in [4.69, 9.17) is 28.4 Å². The van der Waals surface area contributed by atoms with E-state index in [2.05, 4.69) is 0 Å². The van der Waals surface area contributed by atoms with Crippen molar-refractivity contribution in [2.75, 3.05) is 27.9 Å². The van der Waals surface area contributed by atoms with Gasteiger partial charge in [-0.15, -0.1) is 0 Å². The van der Waals surface area contributed by atoms with Crippen LogP contribution in [0.15, 0.2) is 24.3 Å². The molecule has 2 aromatic rings. The third-order valence-electron chi connectivity index (χ3n) is 5.91. The fraction of sp³-hybridized carbons (Fsp3) is 0.375. The lowest BCUT2D eigenvalue weighted by atomic mass is 9.81. The van der Waals surface area contributed by atoms with Crippen molar-refractivity contribution in [3.8, 4) is 34.5 Å². The van der Waals surface area contributed by atoms with Crippen molar-refractivity contribution in [3.63, 3.8) is 0 Å². The Bertz CT molecular complexity index is 1120. The van der Waals surface area contributed by atoms with Crippen molar-refractivity contribution in [2.24, 2.45) is 0 Å². The zero-order valence-corrected chi connectivity index (χ0v) is 18.1. The van der Waals surface area contributed by atoms with Gasteiger partial charge < -0.3 is 28.4 Å². The summed E-state index contributed by atoms with van der Waals surface area (Å²) in [5.41, 5.74) is 1.40. The topological polar surface area (TPSA) is 72.5 Å². The second kappa shape index (κ2) is 6.83. The summed E-state index contributed by atoms with van der Waals surface area (Å²) in [5.74, 6) is 2.67. The largest absolute Gasteiger partial charge is 0.493 e. The predicted molar refractivity (Wildman–Crippen MR) is 113 cm³/mol. The molecule has 3 heterocycles. The second-order valence-corrected chi connectivity index (χ2v) is 8.29. The van der Waals surface area contributed by atoms with Gasteiger partial charge in [0.05, 0.1) is 38.4 Å². The molecule has 0 amide bonds. The Morgan fingerprint density at radius 2 is 1.68 bits per heavy atom. The van der Waals surface area contributed by atoms with Crippen LogP contribution >= 0.6 is 0 Å². The Labute approximate surface area is 180 Å². The molecule has 7 nitrogen and oxygen atoms in total. The van der Waals surface area contributed by atoms with Gasteiger partial charge in [-0.3, -0.25) is 4.79 Å². The highest BCUT2D eigenvalue weighted by atomic mass is 16.6. The third-order valence-corrected chi connectivity index (χ3v) is 5.91. The van der Waals surface area contributed by atoms with Crippen LogP contribution in [0, 0.1) is 0 Å². The molecule has 0 saturated carbocycles. The molecule has 0 unspecified atom stereocenters. The molecule has 0 aliphatic carbocycles. The van der Waals surface area contributed by atoms with Gasteiger partial charge in [-0.1, -0.05) is 0 Å². The summed E-state index contributed by atoms with van der Waals surface area (Å²) >= 11 is 0. The number of fused-ring (bicyclic) bond motifs is 6. The van der Waals surface area contributed by atoms with Gasteiger partial charge in [0.1, 0.15) is 29.8 Å². The van der Waals surface area contributed by atoms with Gasteiger partial charge in [0.15, 0.2) is 28.8 Å². The average Bonchev–Trinajstić information content (AvgIpc) is 2.76. The lowest BCUT2D eigenvalue weighted by Gasteiger charge is -2.39. The Morgan fingerprint density at radius 3 is 2.39 bits per heavy atom. The Hall–Kier alpha value is -3.35. The summed E-state index contributed by atoms with van der Waals surface area (Å²) in [4.78, 5) is 13.7. The van der Waals surface area contributed by atoms with E-state index in [1.165, 1.54) is 0 Å². The van der Waals surface area contributed by atoms with Gasteiger partial charge in [0.2, 0.25) is 0 Å². The Kier molecular flexibility index (Phi) is 4.32. The molecule has 162 valence electrons. The van der Waals surface area contributed by atoms with E-state index >= 15 is 0 Å². The number of ether oxygens (including phenoxy) is 6. The average molecular weight is 424 g/mol. The summed E-state index contributed by atoms with van der Waals surface area (Å²) < 4.78 is 34.8. The fourth-order valence-electron chi connectivity index (χ4n) is 4.39. The van der Waals surface area contributed by atoms with Crippen LogP contribution in [-0.2, 0) is 0 Å². The third kappa shape index (κ3) is 2.91. The number of methoxy groups -OCH3 is 3. The van der Waals surface area contributed by atoms with E-state index in [1.54, 1.807) is 39.5 Å². The first-order valence-electron chi connectivity index (χ1n) is 10.1. The molecular formula is C24H24O7. The smallest absolute Gasteiger partial charge is 0.178 e. The number of carbonyl (C=O) groups is 1. The van der Waals surface area contributed by atoms with Crippen molar-refractivity contribution in [3.05, 3.63) is 41.0 Å². The molecule has 0 aromatic heterocycles. The molecule has 3 aliphatic rings. The predicted octanol–water partition coefficient (Wildman–Crippen LogP) is 4.02. The van der Waals surface area contributed by atoms with E-state index in [0.717, 1.165) is 0 Å². The van der Waals surface area contributed by atoms with Crippen molar-refractivity contribution >= 4 is 11.9 Å². The minimum Gasteiger partial charge on any atom is -0.493 e. The molecule has 2 aromatic carbocycles. The van der Waals surface area contributed by atoms with Crippen LogP contribution < -0.4 is 28.4 Å². The Morgan fingerprint density at radius 1 is 0.968 bits per heavy atom. The molecule has 2 atom stereocenters. The van der Waals surface area contributed by atoms with Gasteiger partial charge in [-0.25, -0.2) is 0 Å². The summed E-state index contributed by atoms with van der Waals surface area (Å²) in [7, 11) is 4.69. The van der Waals surface area contributed by atoms with E-state index in [-0.39, 0.29) is 12.4 Å². The SMILES string of the molecule is COc1cc2c(cc1OC)[C@H]1C(=O)c3cc(OC)c4c(c3O[C@H]1CO2)C=CC(C)(C)O4. The first-order chi connectivity index (χ1) is 14.9. The van der Waals surface area contributed by atoms with Crippen LogP contribution in [-0.4, -0.2) is 45.4 Å². The fourth-order valence-corrected chi connectivity index (χ4v) is 4.39. The highest BCUT2D eigenvalue weighted by Crippen LogP contribution is 2.52. The van der Waals surface area contributed by atoms with E-state index in [0.29, 0.717) is 51.2 Å². The van der Waals surface area contributed by atoms with Crippen LogP contribution in [0.4, 0.5) is 0 Å². The zero-order chi connectivity index (χ0) is 21.9. The van der Waals surface area contributed by atoms with E-state index in [1.807, 2.05) is 26.0 Å². The Balaban J connectivity index is 1.65. The van der Waals surface area contributed by atoms with Crippen molar-refractivity contribution in [1.29, 1.82) is 0 Å². The number of hydrogen-bond acceptors (Lipinski definition) is 7. The van der Waals surface area contributed by atoms with Gasteiger partial charge in [0, 0.05) is 11.6 Å². The normalized spacial score (nSPS) is 21.9. The molecule has 0 saturated heterocycles. The summed E-state index contributed by atoms with van der Waals surface area (Å²) in [6.45, 7) is 4.16. The van der Waals surface area contributed by atoms with Gasteiger partial charge in [-0.05, 0) is 38.1 Å². The molecule has 0 radical (unpaired) electrons. The molecule has 0 bridgehead atoms. The van der Waals surface area contributed by atoms with Crippen LogP contribution in [0.5, 0.6) is 34.5 Å². The van der Waals surface area contributed by atoms with Crippen molar-refractivity contribution in [2.45, 2.75) is 31.5 Å². The van der Waals surface area contributed by atoms with Crippen molar-refractivity contribution < 1.29 is 33.2 Å². The second-order valence-electron chi connectivity index (χ2n) is 8.29. The summed E-state index contributed by atoms with van der Waals surface area (Å²) in [6.07, 6.45) is 3.41. The molecule has 0 N–H and O–H groups in total. The van der Waals surface area contributed by atoms with Gasteiger partial charge in [0.25, 0.3) is 0 Å². The number of ketones is 1. The monoisotopic (exact) mass is 424 g/mol. The number of hydrogen-bond donors (Lipinski definition) is 0. The van der Waals surface area contributed by atoms with Crippen LogP contribution in [0.1, 0.15) is 41.3 Å². The summed E-state index contributed by atoms with van der Waals surface area (Å²) in [6, 6.07) is 5.25. The number of carbonyl (C=O) groups excluding carboxylic acids is 1. The molecule has 31 heavy (non-hydrogen) atoms. The van der Waals surface area contributed by atoms with Crippen molar-refractivity contribution in [1.82, 2.24) is 0 Å². The van der Waals surface area contributed by atoms with E-state index in [9.17, 15) is 4.79 Å². The minimum absolute atomic E-state index is 0.0534. The zero-order valence-electron chi connectivity index (χ0n) is 18.1. The standard InChI is InChI=1S/C24H24O7/c1-24(2)7-6-12-22-14(9-18(28-5)23(12)31-24)21(25)20-13-8-16(26-3)17(27-4)10-15(13)29-11-19(20)30-22/h6-10,19-20H,11H2,1-5H3/t19-,20+/m0/s1. The number of Topliss-reactive ketones (excluding diaryl/α,β-unsaturated/α-hetero) is 1. The maximum atomic E-state index is 13.7.